The molecule has 1 aromatic carbocycles. The molecule has 1 aromatic rings. The first-order chi connectivity index (χ1) is 10.4. The van der Waals surface area contributed by atoms with Crippen molar-refractivity contribution in [2.24, 2.45) is 10.9 Å². The Bertz CT molecular complexity index is 612. The first kappa shape index (κ1) is 19.5. The lowest BCUT2D eigenvalue weighted by Gasteiger charge is -2.12. The summed E-state index contributed by atoms with van der Waals surface area (Å²) in [6, 6.07) is 2.04. The lowest BCUT2D eigenvalue weighted by molar-refractivity contribution is -0.115. The molecule has 0 heterocycles. The number of amides is 1. The van der Waals surface area contributed by atoms with Crippen LogP contribution in [0.15, 0.2) is 17.1 Å². The molecule has 1 fully saturated rings. The SMILES string of the molecule is CN=C(NCC(=O)Nc1ccc(F)c(F)c1F)NC1CC1C.I. The highest BCUT2D eigenvalue weighted by Crippen LogP contribution is 2.28. The van der Waals surface area contributed by atoms with Gasteiger partial charge in [0.1, 0.15) is 0 Å². The number of carbonyl (C=O) groups is 1. The van der Waals surface area contributed by atoms with Gasteiger partial charge < -0.3 is 16.0 Å². The number of guanidine groups is 1. The van der Waals surface area contributed by atoms with Crippen molar-refractivity contribution in [3.8, 4) is 0 Å². The highest BCUT2D eigenvalue weighted by atomic mass is 127. The number of benzene rings is 1. The molecule has 23 heavy (non-hydrogen) atoms. The van der Waals surface area contributed by atoms with Crippen molar-refractivity contribution in [3.05, 3.63) is 29.6 Å². The molecule has 5 nitrogen and oxygen atoms in total. The van der Waals surface area contributed by atoms with Crippen LogP contribution < -0.4 is 16.0 Å². The van der Waals surface area contributed by atoms with Gasteiger partial charge in [0.25, 0.3) is 0 Å². The van der Waals surface area contributed by atoms with Crippen LogP contribution in [0, 0.1) is 23.4 Å². The van der Waals surface area contributed by atoms with Crippen LogP contribution in [-0.4, -0.2) is 31.5 Å². The Labute approximate surface area is 149 Å². The van der Waals surface area contributed by atoms with Gasteiger partial charge in [-0.05, 0) is 24.5 Å². The van der Waals surface area contributed by atoms with E-state index in [-0.39, 0.29) is 30.5 Å². The molecule has 0 spiro atoms. The van der Waals surface area contributed by atoms with Crippen LogP contribution in [0.4, 0.5) is 18.9 Å². The first-order valence-electron chi connectivity index (χ1n) is 6.83. The number of halogens is 4. The molecule has 0 radical (unpaired) electrons. The average molecular weight is 442 g/mol. The van der Waals surface area contributed by atoms with Gasteiger partial charge in [-0.25, -0.2) is 13.2 Å². The molecular weight excluding hydrogens is 424 g/mol. The summed E-state index contributed by atoms with van der Waals surface area (Å²) < 4.78 is 39.3. The Morgan fingerprint density at radius 2 is 1.96 bits per heavy atom. The second-order valence-corrected chi connectivity index (χ2v) is 5.16. The van der Waals surface area contributed by atoms with Crippen LogP contribution in [0.3, 0.4) is 0 Å². The number of hydrogen-bond acceptors (Lipinski definition) is 2. The normalized spacial score (nSPS) is 19.6. The minimum atomic E-state index is -1.62. The van der Waals surface area contributed by atoms with E-state index in [0.29, 0.717) is 17.9 Å². The van der Waals surface area contributed by atoms with Crippen molar-refractivity contribution in [3.63, 3.8) is 0 Å². The van der Waals surface area contributed by atoms with Gasteiger partial charge in [0, 0.05) is 13.1 Å². The molecule has 1 aliphatic rings. The van der Waals surface area contributed by atoms with Gasteiger partial charge in [-0.15, -0.1) is 24.0 Å². The number of aliphatic imine (C=N–C) groups is 1. The van der Waals surface area contributed by atoms with E-state index in [9.17, 15) is 18.0 Å². The fraction of sp³-hybridized carbons (Fsp3) is 0.429. The minimum absolute atomic E-state index is 0. The third-order valence-corrected chi connectivity index (χ3v) is 3.38. The quantitative estimate of drug-likeness (QED) is 0.290. The fourth-order valence-electron chi connectivity index (χ4n) is 1.87. The van der Waals surface area contributed by atoms with E-state index in [2.05, 4.69) is 27.9 Å². The fourth-order valence-corrected chi connectivity index (χ4v) is 1.87. The minimum Gasteiger partial charge on any atom is -0.353 e. The number of anilines is 1. The topological polar surface area (TPSA) is 65.5 Å². The Kier molecular flexibility index (Phi) is 7.10. The van der Waals surface area contributed by atoms with Crippen molar-refractivity contribution in [1.82, 2.24) is 10.6 Å². The lowest BCUT2D eigenvalue weighted by Crippen LogP contribution is -2.42. The maximum atomic E-state index is 13.4. The molecule has 128 valence electrons. The smallest absolute Gasteiger partial charge is 0.243 e. The summed E-state index contributed by atoms with van der Waals surface area (Å²) in [5.41, 5.74) is -0.413. The van der Waals surface area contributed by atoms with Crippen LogP contribution in [0.5, 0.6) is 0 Å². The number of hydrogen-bond donors (Lipinski definition) is 3. The van der Waals surface area contributed by atoms with E-state index in [0.717, 1.165) is 18.6 Å². The molecule has 1 aliphatic carbocycles. The molecule has 2 atom stereocenters. The summed E-state index contributed by atoms with van der Waals surface area (Å²) in [5, 5.41) is 8.05. The van der Waals surface area contributed by atoms with E-state index in [1.54, 1.807) is 7.05 Å². The number of carbonyl (C=O) groups excluding carboxylic acids is 1. The summed E-state index contributed by atoms with van der Waals surface area (Å²) in [7, 11) is 1.56. The molecule has 1 amide bonds. The van der Waals surface area contributed by atoms with E-state index in [1.807, 2.05) is 0 Å². The van der Waals surface area contributed by atoms with Crippen LogP contribution in [-0.2, 0) is 4.79 Å². The van der Waals surface area contributed by atoms with Crippen molar-refractivity contribution < 1.29 is 18.0 Å². The number of nitrogens with zero attached hydrogens (tertiary/aromatic N) is 1. The molecule has 9 heteroatoms. The molecule has 1 saturated carbocycles. The average Bonchev–Trinajstić information content (AvgIpc) is 3.19. The third-order valence-electron chi connectivity index (χ3n) is 3.38. The Morgan fingerprint density at radius 1 is 1.30 bits per heavy atom. The molecule has 0 bridgehead atoms. The van der Waals surface area contributed by atoms with Crippen molar-refractivity contribution in [1.29, 1.82) is 0 Å². The van der Waals surface area contributed by atoms with Crippen LogP contribution in [0.25, 0.3) is 0 Å². The Hall–Kier alpha value is -1.52. The zero-order chi connectivity index (χ0) is 16.3. The van der Waals surface area contributed by atoms with Crippen molar-refractivity contribution >= 4 is 41.5 Å². The van der Waals surface area contributed by atoms with E-state index in [4.69, 9.17) is 0 Å². The summed E-state index contributed by atoms with van der Waals surface area (Å²) >= 11 is 0. The maximum Gasteiger partial charge on any atom is 0.243 e. The zero-order valence-corrected chi connectivity index (χ0v) is 15.0. The predicted molar refractivity (Wildman–Crippen MR) is 92.4 cm³/mol. The van der Waals surface area contributed by atoms with Crippen molar-refractivity contribution in [2.45, 2.75) is 19.4 Å². The molecule has 0 aromatic heterocycles. The molecular formula is C14H18F3IN4O. The molecule has 2 rings (SSSR count). The number of rotatable bonds is 4. The summed E-state index contributed by atoms with van der Waals surface area (Å²) in [4.78, 5) is 15.7. The third kappa shape index (κ3) is 5.26. The molecule has 0 saturated heterocycles. The highest BCUT2D eigenvalue weighted by molar-refractivity contribution is 14.0. The molecule has 3 N–H and O–H groups in total. The lowest BCUT2D eigenvalue weighted by atomic mass is 10.2. The van der Waals surface area contributed by atoms with E-state index in [1.165, 1.54) is 0 Å². The summed E-state index contributed by atoms with van der Waals surface area (Å²) in [6.07, 6.45) is 1.03. The highest BCUT2D eigenvalue weighted by Gasteiger charge is 2.33. The van der Waals surface area contributed by atoms with E-state index >= 15 is 0 Å². The molecule has 0 aliphatic heterocycles. The first-order valence-corrected chi connectivity index (χ1v) is 6.83. The van der Waals surface area contributed by atoms with Crippen LogP contribution >= 0.6 is 24.0 Å². The predicted octanol–water partition coefficient (Wildman–Crippen LogP) is 2.23. The van der Waals surface area contributed by atoms with Gasteiger partial charge in [-0.1, -0.05) is 6.92 Å². The van der Waals surface area contributed by atoms with Crippen LogP contribution in [0.1, 0.15) is 13.3 Å². The zero-order valence-electron chi connectivity index (χ0n) is 12.6. The van der Waals surface area contributed by atoms with Gasteiger partial charge in [0.2, 0.25) is 5.91 Å². The van der Waals surface area contributed by atoms with Gasteiger partial charge in [-0.3, -0.25) is 9.79 Å². The Morgan fingerprint density at radius 3 is 2.52 bits per heavy atom. The largest absolute Gasteiger partial charge is 0.353 e. The van der Waals surface area contributed by atoms with Gasteiger partial charge in [-0.2, -0.15) is 0 Å². The number of nitrogens with one attached hydrogen (secondary N) is 3. The van der Waals surface area contributed by atoms with E-state index < -0.39 is 29.0 Å². The van der Waals surface area contributed by atoms with Gasteiger partial charge in [0.15, 0.2) is 23.4 Å². The second kappa shape index (κ2) is 8.37. The molecule has 2 unspecified atom stereocenters. The summed E-state index contributed by atoms with van der Waals surface area (Å²) in [5.74, 6) is -3.94. The maximum absolute atomic E-state index is 13.4. The van der Waals surface area contributed by atoms with Crippen LogP contribution in [0.2, 0.25) is 0 Å². The van der Waals surface area contributed by atoms with Crippen molar-refractivity contribution in [2.75, 3.05) is 18.9 Å². The standard InChI is InChI=1S/C14H17F3N4O.HI/c1-7-5-10(7)21-14(18-2)19-6-11(22)20-9-4-3-8(15)12(16)13(9)17;/h3-4,7,10H,5-6H2,1-2H3,(H,20,22)(H2,18,19,21);1H. The van der Waals surface area contributed by atoms with Gasteiger partial charge >= 0.3 is 0 Å². The van der Waals surface area contributed by atoms with Gasteiger partial charge in [0.05, 0.1) is 12.2 Å². The monoisotopic (exact) mass is 442 g/mol. The Balaban J connectivity index is 0.00000264. The second-order valence-electron chi connectivity index (χ2n) is 5.16. The summed E-state index contributed by atoms with van der Waals surface area (Å²) in [6.45, 7) is 1.91.